The minimum atomic E-state index is -4.68. The molecule has 0 aromatic carbocycles. The van der Waals surface area contributed by atoms with E-state index in [2.05, 4.69) is 4.98 Å². The molecule has 0 spiro atoms. The SMILES string of the molecule is NN(c1ncccc1Cl)C(F)(F)F. The Balaban J connectivity index is 3.02. The molecule has 0 fully saturated rings. The van der Waals surface area contributed by atoms with Gasteiger partial charge < -0.3 is 0 Å². The highest BCUT2D eigenvalue weighted by molar-refractivity contribution is 6.32. The highest BCUT2D eigenvalue weighted by Gasteiger charge is 2.37. The van der Waals surface area contributed by atoms with Crippen molar-refractivity contribution in [1.29, 1.82) is 0 Å². The summed E-state index contributed by atoms with van der Waals surface area (Å²) in [6.07, 6.45) is -3.51. The molecule has 0 radical (unpaired) electrons. The third kappa shape index (κ3) is 2.22. The minimum absolute atomic E-state index is 0.151. The van der Waals surface area contributed by atoms with Crippen molar-refractivity contribution in [2.75, 3.05) is 5.01 Å². The summed E-state index contributed by atoms with van der Waals surface area (Å²) in [5.41, 5.74) is 0. The molecule has 1 aromatic heterocycles. The Bertz CT molecular complexity index is 301. The van der Waals surface area contributed by atoms with E-state index in [0.717, 1.165) is 0 Å². The van der Waals surface area contributed by atoms with Gasteiger partial charge in [0.05, 0.1) is 5.02 Å². The molecule has 1 heterocycles. The molecule has 72 valence electrons. The number of hydrogen-bond donors (Lipinski definition) is 1. The molecule has 1 aromatic rings. The number of aromatic nitrogens is 1. The fraction of sp³-hybridized carbons (Fsp3) is 0.167. The molecule has 13 heavy (non-hydrogen) atoms. The van der Waals surface area contributed by atoms with Gasteiger partial charge in [-0.2, -0.15) is 5.01 Å². The maximum Gasteiger partial charge on any atom is 0.500 e. The lowest BCUT2D eigenvalue weighted by Crippen LogP contribution is -2.44. The summed E-state index contributed by atoms with van der Waals surface area (Å²) in [5.74, 6) is 4.22. The van der Waals surface area contributed by atoms with Crippen molar-refractivity contribution in [3.63, 3.8) is 0 Å². The van der Waals surface area contributed by atoms with E-state index in [1.165, 1.54) is 18.3 Å². The lowest BCUT2D eigenvalue weighted by atomic mass is 10.4. The van der Waals surface area contributed by atoms with E-state index in [4.69, 9.17) is 17.4 Å². The van der Waals surface area contributed by atoms with Gasteiger partial charge in [0.15, 0.2) is 5.82 Å². The van der Waals surface area contributed by atoms with E-state index in [-0.39, 0.29) is 5.02 Å². The molecule has 0 aliphatic heterocycles. The molecule has 0 bridgehead atoms. The molecule has 1 rings (SSSR count). The normalized spacial score (nSPS) is 11.5. The van der Waals surface area contributed by atoms with Crippen LogP contribution in [-0.2, 0) is 0 Å². The number of pyridine rings is 1. The lowest BCUT2D eigenvalue weighted by Gasteiger charge is -2.20. The van der Waals surface area contributed by atoms with E-state index in [9.17, 15) is 13.2 Å². The average molecular weight is 212 g/mol. The standard InChI is InChI=1S/C6H5ClF3N3/c7-4-2-1-3-12-5(4)13(11)6(8,9)10/h1-3H,11H2. The molecule has 0 aliphatic carbocycles. The highest BCUT2D eigenvalue weighted by atomic mass is 35.5. The van der Waals surface area contributed by atoms with Crippen molar-refractivity contribution >= 4 is 17.4 Å². The Hall–Kier alpha value is -1.01. The molecule has 0 atom stereocenters. The van der Waals surface area contributed by atoms with Crippen molar-refractivity contribution in [2.24, 2.45) is 5.84 Å². The van der Waals surface area contributed by atoms with Crippen LogP contribution in [0.25, 0.3) is 0 Å². The fourth-order valence-electron chi connectivity index (χ4n) is 0.675. The largest absolute Gasteiger partial charge is 0.500 e. The van der Waals surface area contributed by atoms with Gasteiger partial charge >= 0.3 is 6.30 Å². The Kier molecular flexibility index (Phi) is 2.63. The number of rotatable bonds is 1. The van der Waals surface area contributed by atoms with Crippen LogP contribution in [0.15, 0.2) is 18.3 Å². The molecular weight excluding hydrogens is 207 g/mol. The van der Waals surface area contributed by atoms with Crippen molar-refractivity contribution in [2.45, 2.75) is 6.30 Å². The van der Waals surface area contributed by atoms with Crippen LogP contribution in [-0.4, -0.2) is 11.3 Å². The summed E-state index contributed by atoms with van der Waals surface area (Å²) in [7, 11) is 0. The van der Waals surface area contributed by atoms with Crippen LogP contribution < -0.4 is 10.9 Å². The van der Waals surface area contributed by atoms with Crippen LogP contribution in [0, 0.1) is 0 Å². The van der Waals surface area contributed by atoms with Gasteiger partial charge in [0.2, 0.25) is 0 Å². The zero-order chi connectivity index (χ0) is 10.1. The van der Waals surface area contributed by atoms with E-state index < -0.39 is 17.1 Å². The first-order valence-electron chi connectivity index (χ1n) is 3.15. The maximum atomic E-state index is 12.0. The average Bonchev–Trinajstić information content (AvgIpc) is 2.02. The lowest BCUT2D eigenvalue weighted by molar-refractivity contribution is -0.130. The third-order valence-corrected chi connectivity index (χ3v) is 1.54. The molecule has 0 saturated heterocycles. The van der Waals surface area contributed by atoms with Gasteiger partial charge in [0.1, 0.15) is 0 Å². The Morgan fingerprint density at radius 3 is 2.54 bits per heavy atom. The topological polar surface area (TPSA) is 42.1 Å². The zero-order valence-electron chi connectivity index (χ0n) is 6.22. The van der Waals surface area contributed by atoms with Crippen LogP contribution >= 0.6 is 11.6 Å². The number of hydrogen-bond acceptors (Lipinski definition) is 3. The molecule has 0 unspecified atom stereocenters. The summed E-state index contributed by atoms with van der Waals surface area (Å²) >= 11 is 5.44. The second-order valence-electron chi connectivity index (χ2n) is 2.15. The van der Waals surface area contributed by atoms with Crippen molar-refractivity contribution in [1.82, 2.24) is 4.98 Å². The summed E-state index contributed by atoms with van der Waals surface area (Å²) in [4.78, 5) is 3.39. The Labute approximate surface area is 76.9 Å². The Morgan fingerprint density at radius 1 is 1.46 bits per heavy atom. The van der Waals surface area contributed by atoms with E-state index in [1.807, 2.05) is 0 Å². The first-order chi connectivity index (χ1) is 5.93. The van der Waals surface area contributed by atoms with Crippen molar-refractivity contribution in [3.8, 4) is 0 Å². The molecule has 2 N–H and O–H groups in total. The number of hydrazine groups is 1. The van der Waals surface area contributed by atoms with Gasteiger partial charge in [-0.3, -0.25) is 0 Å². The van der Waals surface area contributed by atoms with Gasteiger partial charge in [-0.05, 0) is 12.1 Å². The maximum absolute atomic E-state index is 12.0. The second-order valence-corrected chi connectivity index (χ2v) is 2.55. The van der Waals surface area contributed by atoms with Gasteiger partial charge in [0, 0.05) is 6.20 Å². The van der Waals surface area contributed by atoms with Crippen LogP contribution in [0.1, 0.15) is 0 Å². The van der Waals surface area contributed by atoms with Crippen LogP contribution in [0.5, 0.6) is 0 Å². The summed E-state index contributed by atoms with van der Waals surface area (Å²) < 4.78 is 36.1. The first kappa shape index (κ1) is 10.1. The number of nitrogens with zero attached hydrogens (tertiary/aromatic N) is 2. The van der Waals surface area contributed by atoms with Gasteiger partial charge in [-0.15, -0.1) is 13.2 Å². The van der Waals surface area contributed by atoms with Crippen molar-refractivity contribution in [3.05, 3.63) is 23.4 Å². The predicted octanol–water partition coefficient (Wildman–Crippen LogP) is 1.93. The van der Waals surface area contributed by atoms with Crippen LogP contribution in [0.4, 0.5) is 19.0 Å². The third-order valence-electron chi connectivity index (χ3n) is 1.24. The monoisotopic (exact) mass is 211 g/mol. The van der Waals surface area contributed by atoms with Gasteiger partial charge in [-0.1, -0.05) is 11.6 Å². The quantitative estimate of drug-likeness (QED) is 0.439. The fourth-order valence-corrected chi connectivity index (χ4v) is 0.887. The summed E-state index contributed by atoms with van der Waals surface area (Å²) in [6, 6.07) is 2.69. The van der Waals surface area contributed by atoms with Crippen molar-refractivity contribution < 1.29 is 13.2 Å². The molecule has 7 heteroatoms. The van der Waals surface area contributed by atoms with E-state index >= 15 is 0 Å². The predicted molar refractivity (Wildman–Crippen MR) is 42.0 cm³/mol. The highest BCUT2D eigenvalue weighted by Crippen LogP contribution is 2.28. The van der Waals surface area contributed by atoms with E-state index in [0.29, 0.717) is 0 Å². The zero-order valence-corrected chi connectivity index (χ0v) is 6.97. The number of nitrogens with two attached hydrogens (primary N) is 1. The van der Waals surface area contributed by atoms with E-state index in [1.54, 1.807) is 0 Å². The number of alkyl halides is 3. The smallest absolute Gasteiger partial charge is 0.239 e. The summed E-state index contributed by atoms with van der Waals surface area (Å²) in [6.45, 7) is 0. The Morgan fingerprint density at radius 2 is 2.08 bits per heavy atom. The number of halogens is 4. The van der Waals surface area contributed by atoms with Gasteiger partial charge in [-0.25, -0.2) is 10.8 Å². The summed E-state index contributed by atoms with van der Waals surface area (Å²) in [5, 5.41) is -0.586. The molecule has 3 nitrogen and oxygen atoms in total. The molecule has 0 amide bonds. The van der Waals surface area contributed by atoms with Crippen LogP contribution in [0.3, 0.4) is 0 Å². The number of anilines is 1. The molecular formula is C6H5ClF3N3. The molecule has 0 aliphatic rings. The minimum Gasteiger partial charge on any atom is -0.239 e. The second kappa shape index (κ2) is 3.39. The first-order valence-corrected chi connectivity index (χ1v) is 3.53. The van der Waals surface area contributed by atoms with Crippen LogP contribution in [0.2, 0.25) is 5.02 Å². The van der Waals surface area contributed by atoms with Gasteiger partial charge in [0.25, 0.3) is 0 Å². The molecule has 0 saturated carbocycles.